The zero-order chi connectivity index (χ0) is 14.1. The highest BCUT2D eigenvalue weighted by atomic mass is 19.1. The predicted octanol–water partition coefficient (Wildman–Crippen LogP) is 2.43. The van der Waals surface area contributed by atoms with Crippen LogP contribution in [0.15, 0.2) is 30.3 Å². The Morgan fingerprint density at radius 3 is 2.90 bits per heavy atom. The quantitative estimate of drug-likeness (QED) is 0.682. The monoisotopic (exact) mass is 273 g/mol. The summed E-state index contributed by atoms with van der Waals surface area (Å²) >= 11 is 0. The maximum atomic E-state index is 13.6. The van der Waals surface area contributed by atoms with Gasteiger partial charge in [-0.15, -0.1) is 0 Å². The molecule has 0 radical (unpaired) electrons. The van der Waals surface area contributed by atoms with Gasteiger partial charge >= 0.3 is 0 Å². The molecule has 7 heteroatoms. The number of nitrogens with zero attached hydrogens (tertiary/aromatic N) is 2. The second-order valence-electron chi connectivity index (χ2n) is 4.18. The van der Waals surface area contributed by atoms with Gasteiger partial charge in [0.1, 0.15) is 11.6 Å². The number of benzene rings is 1. The Morgan fingerprint density at radius 2 is 2.15 bits per heavy atom. The summed E-state index contributed by atoms with van der Waals surface area (Å²) in [5, 5.41) is 10.4. The topological polar surface area (TPSA) is 88.9 Å². The summed E-state index contributed by atoms with van der Waals surface area (Å²) in [5.74, 6) is 0.768. The predicted molar refractivity (Wildman–Crippen MR) is 74.5 cm³/mol. The third-order valence-electron chi connectivity index (χ3n) is 2.87. The minimum Gasteiger partial charge on any atom is -0.494 e. The van der Waals surface area contributed by atoms with Crippen molar-refractivity contribution < 1.29 is 9.13 Å². The van der Waals surface area contributed by atoms with Gasteiger partial charge in [-0.25, -0.2) is 9.37 Å². The van der Waals surface area contributed by atoms with Crippen LogP contribution in [0.3, 0.4) is 0 Å². The van der Waals surface area contributed by atoms with Crippen molar-refractivity contribution in [2.45, 2.75) is 0 Å². The number of anilines is 3. The molecule has 2 aromatic heterocycles. The van der Waals surface area contributed by atoms with Gasteiger partial charge in [-0.2, -0.15) is 5.10 Å². The van der Waals surface area contributed by atoms with Crippen molar-refractivity contribution in [3.05, 3.63) is 36.1 Å². The number of ether oxygens (including phenoxy) is 1. The molecule has 102 valence electrons. The molecule has 0 aliphatic carbocycles. The Balaban J connectivity index is 1.90. The summed E-state index contributed by atoms with van der Waals surface area (Å²) in [6.07, 6.45) is 0. The van der Waals surface area contributed by atoms with E-state index in [4.69, 9.17) is 10.5 Å². The Hall–Kier alpha value is -2.83. The number of H-pyrrole nitrogens is 1. The first-order valence-electron chi connectivity index (χ1n) is 5.88. The highest BCUT2D eigenvalue weighted by Crippen LogP contribution is 2.24. The first kappa shape index (κ1) is 12.2. The zero-order valence-corrected chi connectivity index (χ0v) is 10.6. The number of rotatable bonds is 3. The number of aromatic nitrogens is 3. The molecule has 0 amide bonds. The molecule has 0 aliphatic heterocycles. The second kappa shape index (κ2) is 4.69. The average molecular weight is 273 g/mol. The van der Waals surface area contributed by atoms with Crippen LogP contribution in [0.1, 0.15) is 0 Å². The third kappa shape index (κ3) is 2.09. The maximum absolute atomic E-state index is 13.6. The maximum Gasteiger partial charge on any atom is 0.185 e. The average Bonchev–Trinajstić information content (AvgIpc) is 2.80. The summed E-state index contributed by atoms with van der Waals surface area (Å²) in [6.45, 7) is 0. The molecule has 0 fully saturated rings. The van der Waals surface area contributed by atoms with Gasteiger partial charge in [0.15, 0.2) is 17.2 Å². The number of halogens is 1. The summed E-state index contributed by atoms with van der Waals surface area (Å²) in [7, 11) is 1.42. The van der Waals surface area contributed by atoms with Gasteiger partial charge in [0, 0.05) is 11.8 Å². The van der Waals surface area contributed by atoms with E-state index in [1.165, 1.54) is 13.2 Å². The molecule has 0 atom stereocenters. The van der Waals surface area contributed by atoms with E-state index in [0.29, 0.717) is 23.0 Å². The summed E-state index contributed by atoms with van der Waals surface area (Å²) in [5.41, 5.74) is 6.76. The van der Waals surface area contributed by atoms with E-state index in [0.717, 1.165) is 5.39 Å². The van der Waals surface area contributed by atoms with E-state index in [2.05, 4.69) is 20.5 Å². The normalized spacial score (nSPS) is 10.7. The van der Waals surface area contributed by atoms with E-state index < -0.39 is 5.82 Å². The second-order valence-corrected chi connectivity index (χ2v) is 4.18. The van der Waals surface area contributed by atoms with Gasteiger partial charge in [0.25, 0.3) is 0 Å². The lowest BCUT2D eigenvalue weighted by Crippen LogP contribution is -1.95. The molecule has 1 aromatic carbocycles. The smallest absolute Gasteiger partial charge is 0.185 e. The van der Waals surface area contributed by atoms with E-state index in [-0.39, 0.29) is 5.75 Å². The SMILES string of the molecule is COc1ccc(Nc2ccc3c(N)[nH]nc3n2)cc1F. The Labute approximate surface area is 113 Å². The van der Waals surface area contributed by atoms with Crippen LogP contribution in [0.5, 0.6) is 5.75 Å². The minimum atomic E-state index is -0.442. The van der Waals surface area contributed by atoms with Crippen molar-refractivity contribution in [3.8, 4) is 5.75 Å². The number of pyridine rings is 1. The molecule has 6 nitrogen and oxygen atoms in total. The summed E-state index contributed by atoms with van der Waals surface area (Å²) in [6, 6.07) is 8.12. The highest BCUT2D eigenvalue weighted by molar-refractivity contribution is 5.87. The van der Waals surface area contributed by atoms with Crippen LogP contribution in [0.25, 0.3) is 11.0 Å². The molecule has 0 unspecified atom stereocenters. The number of hydrogen-bond donors (Lipinski definition) is 3. The van der Waals surface area contributed by atoms with Crippen LogP contribution in [-0.4, -0.2) is 22.3 Å². The highest BCUT2D eigenvalue weighted by Gasteiger charge is 2.07. The van der Waals surface area contributed by atoms with Crippen LogP contribution in [0.4, 0.5) is 21.7 Å². The lowest BCUT2D eigenvalue weighted by atomic mass is 10.2. The van der Waals surface area contributed by atoms with Gasteiger partial charge < -0.3 is 15.8 Å². The Bertz CT molecular complexity index is 771. The van der Waals surface area contributed by atoms with Crippen LogP contribution < -0.4 is 15.8 Å². The van der Waals surface area contributed by atoms with Crippen LogP contribution in [0, 0.1) is 5.82 Å². The van der Waals surface area contributed by atoms with Crippen LogP contribution in [-0.2, 0) is 0 Å². The molecule has 0 saturated carbocycles. The fourth-order valence-corrected chi connectivity index (χ4v) is 1.88. The Kier molecular flexibility index (Phi) is 2.86. The molecule has 20 heavy (non-hydrogen) atoms. The van der Waals surface area contributed by atoms with Crippen molar-refractivity contribution in [1.29, 1.82) is 0 Å². The molecule has 0 saturated heterocycles. The molecule has 3 rings (SSSR count). The largest absolute Gasteiger partial charge is 0.494 e. The fraction of sp³-hybridized carbons (Fsp3) is 0.0769. The number of methoxy groups -OCH3 is 1. The molecular weight excluding hydrogens is 261 g/mol. The van der Waals surface area contributed by atoms with E-state index in [9.17, 15) is 4.39 Å². The first-order chi connectivity index (χ1) is 9.67. The Morgan fingerprint density at radius 1 is 1.30 bits per heavy atom. The summed E-state index contributed by atoms with van der Waals surface area (Å²) in [4.78, 5) is 4.28. The number of nitrogen functional groups attached to an aromatic ring is 1. The lowest BCUT2D eigenvalue weighted by molar-refractivity contribution is 0.386. The number of nitrogens with one attached hydrogen (secondary N) is 2. The number of nitrogens with two attached hydrogens (primary N) is 1. The van der Waals surface area contributed by atoms with Crippen molar-refractivity contribution in [1.82, 2.24) is 15.2 Å². The molecule has 0 aliphatic rings. The molecule has 3 aromatic rings. The van der Waals surface area contributed by atoms with Gasteiger partial charge in [0.05, 0.1) is 12.5 Å². The van der Waals surface area contributed by atoms with Crippen LogP contribution >= 0.6 is 0 Å². The fourth-order valence-electron chi connectivity index (χ4n) is 1.88. The molecule has 0 spiro atoms. The number of fused-ring (bicyclic) bond motifs is 1. The van der Waals surface area contributed by atoms with Crippen molar-refractivity contribution in [3.63, 3.8) is 0 Å². The zero-order valence-electron chi connectivity index (χ0n) is 10.6. The number of aromatic amines is 1. The molecule has 4 N–H and O–H groups in total. The van der Waals surface area contributed by atoms with Crippen molar-refractivity contribution >= 4 is 28.4 Å². The van der Waals surface area contributed by atoms with Gasteiger partial charge in [0.2, 0.25) is 0 Å². The van der Waals surface area contributed by atoms with Gasteiger partial charge in [-0.05, 0) is 24.3 Å². The van der Waals surface area contributed by atoms with Crippen LogP contribution in [0.2, 0.25) is 0 Å². The molecule has 2 heterocycles. The summed E-state index contributed by atoms with van der Waals surface area (Å²) < 4.78 is 18.5. The number of hydrogen-bond acceptors (Lipinski definition) is 5. The van der Waals surface area contributed by atoms with Crippen molar-refractivity contribution in [2.75, 3.05) is 18.2 Å². The molecule has 0 bridgehead atoms. The van der Waals surface area contributed by atoms with Crippen molar-refractivity contribution in [2.24, 2.45) is 0 Å². The lowest BCUT2D eigenvalue weighted by Gasteiger charge is -2.07. The van der Waals surface area contributed by atoms with E-state index >= 15 is 0 Å². The first-order valence-corrected chi connectivity index (χ1v) is 5.88. The molecular formula is C13H12FN5O. The van der Waals surface area contributed by atoms with Gasteiger partial charge in [-0.3, -0.25) is 5.10 Å². The third-order valence-corrected chi connectivity index (χ3v) is 2.87. The standard InChI is InChI=1S/C13H12FN5O/c1-20-10-4-2-7(6-9(10)14)16-11-5-3-8-12(15)18-19-13(8)17-11/h2-6H,1H3,(H4,15,16,17,18,19). The minimum absolute atomic E-state index is 0.194. The van der Waals surface area contributed by atoms with E-state index in [1.54, 1.807) is 24.3 Å². The van der Waals surface area contributed by atoms with Gasteiger partial charge in [-0.1, -0.05) is 0 Å². The van der Waals surface area contributed by atoms with E-state index in [1.807, 2.05) is 0 Å².